The van der Waals surface area contributed by atoms with E-state index in [1.54, 1.807) is 45.2 Å². The molecule has 8 heteroatoms. The highest BCUT2D eigenvalue weighted by Crippen LogP contribution is 2.32. The predicted octanol–water partition coefficient (Wildman–Crippen LogP) is 4.98. The van der Waals surface area contributed by atoms with E-state index in [2.05, 4.69) is 5.43 Å². The SMILES string of the molecule is CC(C)OC(=O)NN(C)c1ccc(Oc2cccc(C(F)(F)F)c2)cc1. The van der Waals surface area contributed by atoms with Crippen molar-refractivity contribution in [2.45, 2.75) is 26.1 Å². The van der Waals surface area contributed by atoms with Gasteiger partial charge in [-0.25, -0.2) is 10.2 Å². The Kier molecular flexibility index (Phi) is 5.97. The topological polar surface area (TPSA) is 50.8 Å². The largest absolute Gasteiger partial charge is 0.457 e. The average Bonchev–Trinajstić information content (AvgIpc) is 2.54. The normalized spacial score (nSPS) is 11.2. The number of nitrogens with zero attached hydrogens (tertiary/aromatic N) is 1. The molecule has 0 aromatic heterocycles. The van der Waals surface area contributed by atoms with E-state index in [1.165, 1.54) is 17.1 Å². The molecule has 1 N–H and O–H groups in total. The first-order chi connectivity index (χ1) is 12.1. The maximum Gasteiger partial charge on any atom is 0.426 e. The number of anilines is 1. The zero-order valence-electron chi connectivity index (χ0n) is 14.5. The number of hydrogen-bond acceptors (Lipinski definition) is 4. The highest BCUT2D eigenvalue weighted by Gasteiger charge is 2.30. The third-order valence-electron chi connectivity index (χ3n) is 3.22. The van der Waals surface area contributed by atoms with Gasteiger partial charge in [0.2, 0.25) is 0 Å². The fraction of sp³-hybridized carbons (Fsp3) is 0.278. The molecule has 0 aliphatic rings. The van der Waals surface area contributed by atoms with Crippen molar-refractivity contribution in [3.8, 4) is 11.5 Å². The monoisotopic (exact) mass is 368 g/mol. The van der Waals surface area contributed by atoms with Crippen LogP contribution in [0.5, 0.6) is 11.5 Å². The minimum absolute atomic E-state index is 0.0829. The van der Waals surface area contributed by atoms with Gasteiger partial charge >= 0.3 is 12.3 Å². The van der Waals surface area contributed by atoms with Crippen molar-refractivity contribution in [1.29, 1.82) is 0 Å². The van der Waals surface area contributed by atoms with Gasteiger partial charge in [0.05, 0.1) is 17.4 Å². The molecule has 5 nitrogen and oxygen atoms in total. The Hall–Kier alpha value is -2.90. The van der Waals surface area contributed by atoms with Crippen molar-refractivity contribution in [1.82, 2.24) is 5.43 Å². The molecular formula is C18H19F3N2O3. The lowest BCUT2D eigenvalue weighted by molar-refractivity contribution is -0.137. The number of ether oxygens (including phenoxy) is 2. The first kappa shape index (κ1) is 19.4. The number of hydrazine groups is 1. The van der Waals surface area contributed by atoms with Gasteiger partial charge in [-0.1, -0.05) is 6.07 Å². The molecule has 2 aromatic carbocycles. The maximum absolute atomic E-state index is 12.7. The van der Waals surface area contributed by atoms with Crippen molar-refractivity contribution in [3.63, 3.8) is 0 Å². The molecule has 2 rings (SSSR count). The summed E-state index contributed by atoms with van der Waals surface area (Å²) in [5.41, 5.74) is 2.39. The summed E-state index contributed by atoms with van der Waals surface area (Å²) in [6, 6.07) is 11.1. The second-order valence-corrected chi connectivity index (χ2v) is 5.75. The van der Waals surface area contributed by atoms with Crippen LogP contribution < -0.4 is 15.2 Å². The smallest absolute Gasteiger partial charge is 0.426 e. The molecule has 0 fully saturated rings. The van der Waals surface area contributed by atoms with E-state index in [0.717, 1.165) is 12.1 Å². The summed E-state index contributed by atoms with van der Waals surface area (Å²) in [4.78, 5) is 11.6. The number of amides is 1. The zero-order chi connectivity index (χ0) is 19.3. The van der Waals surface area contributed by atoms with Gasteiger partial charge in [-0.2, -0.15) is 13.2 Å². The summed E-state index contributed by atoms with van der Waals surface area (Å²) in [5, 5.41) is 1.46. The Morgan fingerprint density at radius 2 is 1.73 bits per heavy atom. The van der Waals surface area contributed by atoms with Crippen LogP contribution in [0, 0.1) is 0 Å². The average molecular weight is 368 g/mol. The molecule has 0 unspecified atom stereocenters. The first-order valence-corrected chi connectivity index (χ1v) is 7.81. The minimum Gasteiger partial charge on any atom is -0.457 e. The maximum atomic E-state index is 12.7. The lowest BCUT2D eigenvalue weighted by atomic mass is 10.2. The predicted molar refractivity (Wildman–Crippen MR) is 91.1 cm³/mol. The van der Waals surface area contributed by atoms with Gasteiger partial charge in [-0.3, -0.25) is 5.01 Å². The highest BCUT2D eigenvalue weighted by molar-refractivity contribution is 5.70. The van der Waals surface area contributed by atoms with Crippen LogP contribution in [-0.4, -0.2) is 19.2 Å². The number of carbonyl (C=O) groups is 1. The highest BCUT2D eigenvalue weighted by atomic mass is 19.4. The molecule has 0 spiro atoms. The second-order valence-electron chi connectivity index (χ2n) is 5.75. The van der Waals surface area contributed by atoms with E-state index in [4.69, 9.17) is 9.47 Å². The van der Waals surface area contributed by atoms with Crippen LogP contribution in [0.15, 0.2) is 48.5 Å². The molecule has 0 aliphatic heterocycles. The number of nitrogens with one attached hydrogen (secondary N) is 1. The van der Waals surface area contributed by atoms with Crippen molar-refractivity contribution in [2.75, 3.05) is 12.1 Å². The summed E-state index contributed by atoms with van der Waals surface area (Å²) in [7, 11) is 1.63. The van der Waals surface area contributed by atoms with E-state index in [0.29, 0.717) is 11.4 Å². The van der Waals surface area contributed by atoms with Gasteiger partial charge in [-0.15, -0.1) is 0 Å². The minimum atomic E-state index is -4.43. The fourth-order valence-corrected chi connectivity index (χ4v) is 2.05. The molecule has 140 valence electrons. The van der Waals surface area contributed by atoms with E-state index in [9.17, 15) is 18.0 Å². The van der Waals surface area contributed by atoms with E-state index >= 15 is 0 Å². The lowest BCUT2D eigenvalue weighted by Gasteiger charge is -2.21. The van der Waals surface area contributed by atoms with Crippen LogP contribution in [0.25, 0.3) is 0 Å². The van der Waals surface area contributed by atoms with Crippen LogP contribution in [-0.2, 0) is 10.9 Å². The number of benzene rings is 2. The number of halogens is 3. The molecule has 0 radical (unpaired) electrons. The van der Waals surface area contributed by atoms with Gasteiger partial charge in [0, 0.05) is 7.05 Å². The quantitative estimate of drug-likeness (QED) is 0.756. The lowest BCUT2D eigenvalue weighted by Crippen LogP contribution is -2.40. The Labute approximate surface area is 149 Å². The van der Waals surface area contributed by atoms with Gasteiger partial charge < -0.3 is 9.47 Å². The summed E-state index contributed by atoms with van der Waals surface area (Å²) in [5.74, 6) is 0.450. The number of carbonyl (C=O) groups excluding carboxylic acids is 1. The van der Waals surface area contributed by atoms with Gasteiger partial charge in [0.1, 0.15) is 11.5 Å². The van der Waals surface area contributed by atoms with Crippen LogP contribution in [0.1, 0.15) is 19.4 Å². The molecule has 0 aliphatic carbocycles. The summed E-state index contributed by atoms with van der Waals surface area (Å²) in [6.07, 6.45) is -5.26. The van der Waals surface area contributed by atoms with Crippen LogP contribution in [0.3, 0.4) is 0 Å². The fourth-order valence-electron chi connectivity index (χ4n) is 2.05. The van der Waals surface area contributed by atoms with E-state index in [1.807, 2.05) is 0 Å². The van der Waals surface area contributed by atoms with E-state index in [-0.39, 0.29) is 11.9 Å². The van der Waals surface area contributed by atoms with Crippen molar-refractivity contribution in [2.24, 2.45) is 0 Å². The molecule has 2 aromatic rings. The van der Waals surface area contributed by atoms with Crippen LogP contribution in [0.2, 0.25) is 0 Å². The van der Waals surface area contributed by atoms with Crippen molar-refractivity contribution < 1.29 is 27.4 Å². The third kappa shape index (κ3) is 5.58. The molecule has 0 bridgehead atoms. The number of alkyl halides is 3. The summed E-state index contributed by atoms with van der Waals surface area (Å²) >= 11 is 0. The second kappa shape index (κ2) is 7.99. The van der Waals surface area contributed by atoms with Gasteiger partial charge in [0.15, 0.2) is 0 Å². The summed E-state index contributed by atoms with van der Waals surface area (Å²) in [6.45, 7) is 3.47. The Bertz CT molecular complexity index is 746. The van der Waals surface area contributed by atoms with Crippen LogP contribution in [0.4, 0.5) is 23.7 Å². The first-order valence-electron chi connectivity index (χ1n) is 7.81. The molecular weight excluding hydrogens is 349 g/mol. The van der Waals surface area contributed by atoms with Crippen molar-refractivity contribution in [3.05, 3.63) is 54.1 Å². The van der Waals surface area contributed by atoms with E-state index < -0.39 is 17.8 Å². The Morgan fingerprint density at radius 1 is 1.08 bits per heavy atom. The Balaban J connectivity index is 2.02. The number of hydrogen-bond donors (Lipinski definition) is 1. The zero-order valence-corrected chi connectivity index (χ0v) is 14.5. The number of rotatable bonds is 5. The molecule has 0 saturated carbocycles. The Morgan fingerprint density at radius 3 is 2.31 bits per heavy atom. The van der Waals surface area contributed by atoms with Crippen molar-refractivity contribution >= 4 is 11.8 Å². The molecule has 1 amide bonds. The standard InChI is InChI=1S/C18H19F3N2O3/c1-12(2)25-17(24)22-23(3)14-7-9-15(10-8-14)26-16-6-4-5-13(11-16)18(19,20)21/h4-12H,1-3H3,(H,22,24). The molecule has 0 heterocycles. The third-order valence-corrected chi connectivity index (χ3v) is 3.22. The van der Waals surface area contributed by atoms with Gasteiger partial charge in [0.25, 0.3) is 0 Å². The molecule has 0 atom stereocenters. The molecule has 0 saturated heterocycles. The van der Waals surface area contributed by atoms with Gasteiger partial charge in [-0.05, 0) is 56.3 Å². The summed E-state index contributed by atoms with van der Waals surface area (Å²) < 4.78 is 48.6. The molecule has 26 heavy (non-hydrogen) atoms. The van der Waals surface area contributed by atoms with Crippen LogP contribution >= 0.6 is 0 Å².